The third kappa shape index (κ3) is 5.14. The molecular formula is C21H30N4O2S. The molecule has 1 aliphatic carbocycles. The van der Waals surface area contributed by atoms with Gasteiger partial charge in [0, 0.05) is 12.6 Å². The van der Waals surface area contributed by atoms with Crippen molar-refractivity contribution in [1.82, 2.24) is 20.2 Å². The Hall–Kier alpha value is -1.86. The fraction of sp³-hybridized carbons (Fsp3) is 0.571. The molecule has 0 bridgehead atoms. The highest BCUT2D eigenvalue weighted by molar-refractivity contribution is 7.98. The molecule has 1 fully saturated rings. The smallest absolute Gasteiger partial charge is 0.255 e. The van der Waals surface area contributed by atoms with Crippen LogP contribution < -0.4 is 5.32 Å². The van der Waals surface area contributed by atoms with Gasteiger partial charge >= 0.3 is 0 Å². The lowest BCUT2D eigenvalue weighted by Gasteiger charge is -2.31. The monoisotopic (exact) mass is 402 g/mol. The molecule has 2 aromatic rings. The van der Waals surface area contributed by atoms with Gasteiger partial charge in [-0.15, -0.1) is 11.8 Å². The zero-order valence-corrected chi connectivity index (χ0v) is 17.8. The summed E-state index contributed by atoms with van der Waals surface area (Å²) in [7, 11) is 2.20. The second kappa shape index (κ2) is 10.1. The first-order valence-electron chi connectivity index (χ1n) is 10.0. The molecule has 0 unspecified atom stereocenters. The van der Waals surface area contributed by atoms with E-state index in [1.54, 1.807) is 12.3 Å². The summed E-state index contributed by atoms with van der Waals surface area (Å²) in [5.41, 5.74) is 1.23. The van der Waals surface area contributed by atoms with E-state index in [-0.39, 0.29) is 5.91 Å². The van der Waals surface area contributed by atoms with E-state index in [9.17, 15) is 4.79 Å². The number of hydrogen-bond donors (Lipinski definition) is 1. The Morgan fingerprint density at radius 2 is 2.11 bits per heavy atom. The molecule has 0 radical (unpaired) electrons. The van der Waals surface area contributed by atoms with Crippen molar-refractivity contribution < 1.29 is 9.21 Å². The van der Waals surface area contributed by atoms with E-state index in [0.717, 1.165) is 13.0 Å². The van der Waals surface area contributed by atoms with Gasteiger partial charge in [0.05, 0.1) is 17.5 Å². The van der Waals surface area contributed by atoms with Gasteiger partial charge in [0.1, 0.15) is 5.03 Å². The van der Waals surface area contributed by atoms with E-state index >= 15 is 0 Å². The van der Waals surface area contributed by atoms with E-state index < -0.39 is 0 Å². The highest BCUT2D eigenvalue weighted by Gasteiger charge is 2.20. The third-order valence-corrected chi connectivity index (χ3v) is 6.07. The zero-order valence-electron chi connectivity index (χ0n) is 17.0. The second-order valence-corrected chi connectivity index (χ2v) is 8.17. The largest absolute Gasteiger partial charge is 0.461 e. The van der Waals surface area contributed by atoms with Crippen LogP contribution >= 0.6 is 11.8 Å². The minimum Gasteiger partial charge on any atom is -0.461 e. The van der Waals surface area contributed by atoms with Crippen LogP contribution in [-0.2, 0) is 0 Å². The Morgan fingerprint density at radius 3 is 2.79 bits per heavy atom. The number of carbonyl (C=O) groups is 1. The van der Waals surface area contributed by atoms with Crippen molar-refractivity contribution in [2.45, 2.75) is 56.5 Å². The Bertz CT molecular complexity index is 773. The number of carbonyl (C=O) groups excluding carboxylic acids is 1. The Balaban J connectivity index is 1.56. The van der Waals surface area contributed by atoms with Crippen LogP contribution in [0.5, 0.6) is 0 Å². The molecule has 3 rings (SSSR count). The lowest BCUT2D eigenvalue weighted by molar-refractivity contribution is 0.0945. The molecule has 1 amide bonds. The molecule has 0 atom stereocenters. The number of nitrogens with zero attached hydrogens (tertiary/aromatic N) is 3. The van der Waals surface area contributed by atoms with Gasteiger partial charge in [-0.05, 0) is 58.2 Å². The van der Waals surface area contributed by atoms with Crippen LogP contribution in [-0.4, -0.2) is 53.2 Å². The highest BCUT2D eigenvalue weighted by atomic mass is 32.2. The molecule has 0 spiro atoms. The minimum atomic E-state index is -0.104. The molecule has 0 aliphatic heterocycles. The van der Waals surface area contributed by atoms with Crippen molar-refractivity contribution in [1.29, 1.82) is 0 Å². The summed E-state index contributed by atoms with van der Waals surface area (Å²) >= 11 is 1.45. The van der Waals surface area contributed by atoms with Crippen molar-refractivity contribution in [2.75, 3.05) is 26.4 Å². The third-order valence-electron chi connectivity index (χ3n) is 5.39. The van der Waals surface area contributed by atoms with Crippen molar-refractivity contribution in [3.8, 4) is 11.6 Å². The van der Waals surface area contributed by atoms with Crippen LogP contribution in [0.4, 0.5) is 0 Å². The first-order valence-corrected chi connectivity index (χ1v) is 11.3. The summed E-state index contributed by atoms with van der Waals surface area (Å²) in [4.78, 5) is 24.2. The van der Waals surface area contributed by atoms with Gasteiger partial charge in [-0.1, -0.05) is 19.3 Å². The van der Waals surface area contributed by atoms with Crippen molar-refractivity contribution in [2.24, 2.45) is 0 Å². The molecule has 2 aromatic heterocycles. The summed E-state index contributed by atoms with van der Waals surface area (Å²) in [6.45, 7) is 3.51. The predicted octanol–water partition coefficient (Wildman–Crippen LogP) is 4.15. The fourth-order valence-corrected chi connectivity index (χ4v) is 4.42. The number of rotatable bonds is 8. The normalized spacial score (nSPS) is 15.1. The fourth-order valence-electron chi connectivity index (χ4n) is 3.79. The molecular weight excluding hydrogens is 372 g/mol. The van der Waals surface area contributed by atoms with Gasteiger partial charge in [-0.3, -0.25) is 4.79 Å². The van der Waals surface area contributed by atoms with Gasteiger partial charge in [-0.25, -0.2) is 9.97 Å². The molecule has 1 saturated carbocycles. The van der Waals surface area contributed by atoms with Gasteiger partial charge in [0.2, 0.25) is 0 Å². The molecule has 2 heterocycles. The van der Waals surface area contributed by atoms with Crippen molar-refractivity contribution in [3.63, 3.8) is 0 Å². The summed E-state index contributed by atoms with van der Waals surface area (Å²) in [5.74, 6) is 1.02. The minimum absolute atomic E-state index is 0.104. The van der Waals surface area contributed by atoms with Gasteiger partial charge in [0.15, 0.2) is 11.6 Å². The van der Waals surface area contributed by atoms with Crippen LogP contribution in [0.1, 0.15) is 54.6 Å². The maximum Gasteiger partial charge on any atom is 0.255 e. The summed E-state index contributed by atoms with van der Waals surface area (Å²) < 4.78 is 5.39. The van der Waals surface area contributed by atoms with E-state index in [1.807, 2.05) is 19.2 Å². The molecule has 152 valence electrons. The molecule has 0 aromatic carbocycles. The van der Waals surface area contributed by atoms with Crippen LogP contribution in [0, 0.1) is 6.92 Å². The van der Waals surface area contributed by atoms with E-state index in [1.165, 1.54) is 43.9 Å². The molecule has 1 aliphatic rings. The number of furan rings is 1. The number of nitrogens with one attached hydrogen (secondary N) is 1. The highest BCUT2D eigenvalue weighted by Crippen LogP contribution is 2.25. The molecule has 0 saturated heterocycles. The van der Waals surface area contributed by atoms with E-state index in [0.29, 0.717) is 40.5 Å². The number of amides is 1. The van der Waals surface area contributed by atoms with Crippen molar-refractivity contribution in [3.05, 3.63) is 29.7 Å². The Labute approximate surface area is 171 Å². The van der Waals surface area contributed by atoms with Gasteiger partial charge in [-0.2, -0.15) is 0 Å². The predicted molar refractivity (Wildman–Crippen MR) is 113 cm³/mol. The SMILES string of the molecule is CSc1nc(-c2ccco2)nc(C)c1C(=O)NCCCN(C)C1CCCCC1. The van der Waals surface area contributed by atoms with E-state index in [4.69, 9.17) is 4.42 Å². The van der Waals surface area contributed by atoms with Crippen LogP contribution in [0.15, 0.2) is 27.8 Å². The van der Waals surface area contributed by atoms with Gasteiger partial charge in [0.25, 0.3) is 5.91 Å². The standard InChI is InChI=1S/C21H30N4O2S/c1-15-18(21(28-3)24-19(23-15)17-11-7-14-27-17)20(26)22-12-8-13-25(2)16-9-5-4-6-10-16/h7,11,14,16H,4-6,8-10,12-13H2,1-3H3,(H,22,26). The van der Waals surface area contributed by atoms with Crippen LogP contribution in [0.3, 0.4) is 0 Å². The summed E-state index contributed by atoms with van der Waals surface area (Å²) in [6.07, 6.45) is 11.1. The lowest BCUT2D eigenvalue weighted by Crippen LogP contribution is -2.36. The number of thioether (sulfide) groups is 1. The lowest BCUT2D eigenvalue weighted by atomic mass is 9.94. The maximum atomic E-state index is 12.7. The van der Waals surface area contributed by atoms with Gasteiger partial charge < -0.3 is 14.6 Å². The zero-order chi connectivity index (χ0) is 19.9. The average molecular weight is 403 g/mol. The van der Waals surface area contributed by atoms with Crippen molar-refractivity contribution >= 4 is 17.7 Å². The first-order chi connectivity index (χ1) is 13.6. The topological polar surface area (TPSA) is 71.3 Å². The summed E-state index contributed by atoms with van der Waals surface area (Å²) in [6, 6.07) is 4.33. The number of aryl methyl sites for hydroxylation is 1. The Kier molecular flexibility index (Phi) is 7.50. The van der Waals surface area contributed by atoms with Crippen LogP contribution in [0.25, 0.3) is 11.6 Å². The molecule has 1 N–H and O–H groups in total. The maximum absolute atomic E-state index is 12.7. The second-order valence-electron chi connectivity index (χ2n) is 7.38. The van der Waals surface area contributed by atoms with E-state index in [2.05, 4.69) is 27.2 Å². The molecule has 6 nitrogen and oxygen atoms in total. The Morgan fingerprint density at radius 1 is 1.32 bits per heavy atom. The first kappa shape index (κ1) is 20.9. The number of hydrogen-bond acceptors (Lipinski definition) is 6. The average Bonchev–Trinajstić information content (AvgIpc) is 3.25. The van der Waals surface area contributed by atoms with Crippen LogP contribution in [0.2, 0.25) is 0 Å². The quantitative estimate of drug-likeness (QED) is 0.406. The number of aromatic nitrogens is 2. The molecule has 28 heavy (non-hydrogen) atoms. The molecule has 7 heteroatoms. The summed E-state index contributed by atoms with van der Waals surface area (Å²) in [5, 5.41) is 3.72.